The second-order valence-corrected chi connectivity index (χ2v) is 8.62. The van der Waals surface area contributed by atoms with Crippen molar-refractivity contribution in [1.82, 2.24) is 14.3 Å². The summed E-state index contributed by atoms with van der Waals surface area (Å²) in [6.07, 6.45) is -3.15. The molecule has 1 aliphatic heterocycles. The molecule has 12 heteroatoms. The van der Waals surface area contributed by atoms with Crippen molar-refractivity contribution in [2.75, 3.05) is 38.2 Å². The van der Waals surface area contributed by atoms with Gasteiger partial charge in [0, 0.05) is 37.4 Å². The predicted molar refractivity (Wildman–Crippen MR) is 101 cm³/mol. The molecule has 0 unspecified atom stereocenters. The highest BCUT2D eigenvalue weighted by atomic mass is 35.5. The number of anilines is 1. The van der Waals surface area contributed by atoms with E-state index in [1.54, 1.807) is 4.90 Å². The zero-order valence-electron chi connectivity index (χ0n) is 15.4. The lowest BCUT2D eigenvalue weighted by Gasteiger charge is -2.23. The summed E-state index contributed by atoms with van der Waals surface area (Å²) < 4.78 is 71.3. The Labute approximate surface area is 171 Å². The molecule has 1 saturated heterocycles. The fourth-order valence-electron chi connectivity index (χ4n) is 2.98. The van der Waals surface area contributed by atoms with Crippen LogP contribution in [0, 0.1) is 0 Å². The monoisotopic (exact) mass is 450 g/mol. The van der Waals surface area contributed by atoms with Crippen LogP contribution in [0.5, 0.6) is 5.75 Å². The highest BCUT2D eigenvalue weighted by Crippen LogP contribution is 2.31. The molecule has 0 spiro atoms. The summed E-state index contributed by atoms with van der Waals surface area (Å²) in [4.78, 5) is 8.97. The van der Waals surface area contributed by atoms with Crippen LogP contribution in [0.1, 0.15) is 12.1 Å². The number of hydrogen-bond acceptors (Lipinski definition) is 6. The third kappa shape index (κ3) is 4.73. The zero-order chi connectivity index (χ0) is 21.2. The van der Waals surface area contributed by atoms with Crippen molar-refractivity contribution in [2.24, 2.45) is 0 Å². The standard InChI is InChI=1S/C17H18ClF3N4O3S/c1-28-13-4-3-12(18)11-14(13)29(26,27)25-8-2-7-24(9-10-25)16-22-6-5-15(23-16)17(19,20)21/h3-6,11H,2,7-10H2,1H3. The molecule has 0 radical (unpaired) electrons. The Morgan fingerprint density at radius 3 is 2.59 bits per heavy atom. The fraction of sp³-hybridized carbons (Fsp3) is 0.412. The second kappa shape index (κ2) is 8.33. The van der Waals surface area contributed by atoms with Gasteiger partial charge in [0.25, 0.3) is 0 Å². The van der Waals surface area contributed by atoms with Crippen molar-refractivity contribution in [3.8, 4) is 5.75 Å². The highest BCUT2D eigenvalue weighted by Gasteiger charge is 2.34. The van der Waals surface area contributed by atoms with Gasteiger partial charge < -0.3 is 9.64 Å². The molecule has 0 amide bonds. The van der Waals surface area contributed by atoms with Crippen LogP contribution in [0.25, 0.3) is 0 Å². The molecular formula is C17H18ClF3N4O3S. The predicted octanol–water partition coefficient (Wildman–Crippen LogP) is 3.06. The van der Waals surface area contributed by atoms with E-state index in [2.05, 4.69) is 9.97 Å². The Hall–Kier alpha value is -2.11. The maximum absolute atomic E-state index is 13.1. The normalized spacial score (nSPS) is 16.5. The molecule has 0 aliphatic carbocycles. The largest absolute Gasteiger partial charge is 0.495 e. The first kappa shape index (κ1) is 21.6. The van der Waals surface area contributed by atoms with Crippen LogP contribution in [-0.4, -0.2) is 56.0 Å². The first-order valence-corrected chi connectivity index (χ1v) is 10.4. The molecule has 0 N–H and O–H groups in total. The van der Waals surface area contributed by atoms with Gasteiger partial charge in [-0.2, -0.15) is 17.5 Å². The summed E-state index contributed by atoms with van der Waals surface area (Å²) in [5, 5.41) is 0.248. The first-order valence-electron chi connectivity index (χ1n) is 8.62. The van der Waals surface area contributed by atoms with E-state index in [1.165, 1.54) is 29.6 Å². The molecule has 1 aliphatic rings. The fourth-order valence-corrected chi connectivity index (χ4v) is 4.87. The van der Waals surface area contributed by atoms with Gasteiger partial charge in [-0.15, -0.1) is 0 Å². The van der Waals surface area contributed by atoms with E-state index >= 15 is 0 Å². The molecule has 29 heavy (non-hydrogen) atoms. The smallest absolute Gasteiger partial charge is 0.433 e. The number of benzene rings is 1. The highest BCUT2D eigenvalue weighted by molar-refractivity contribution is 7.89. The number of nitrogens with zero attached hydrogens (tertiary/aromatic N) is 4. The molecule has 7 nitrogen and oxygen atoms in total. The van der Waals surface area contributed by atoms with E-state index in [1.807, 2.05) is 0 Å². The third-order valence-electron chi connectivity index (χ3n) is 4.41. The lowest BCUT2D eigenvalue weighted by molar-refractivity contribution is -0.141. The summed E-state index contributed by atoms with van der Waals surface area (Å²) in [6.45, 7) is 0.703. The van der Waals surface area contributed by atoms with Crippen LogP contribution in [-0.2, 0) is 16.2 Å². The number of hydrogen-bond donors (Lipinski definition) is 0. The molecule has 1 aromatic carbocycles. The van der Waals surface area contributed by atoms with Gasteiger partial charge in [-0.1, -0.05) is 11.6 Å². The van der Waals surface area contributed by atoms with Crippen LogP contribution >= 0.6 is 11.6 Å². The summed E-state index contributed by atoms with van der Waals surface area (Å²) in [7, 11) is -2.55. The summed E-state index contributed by atoms with van der Waals surface area (Å²) >= 11 is 5.95. The molecule has 1 fully saturated rings. The molecule has 3 rings (SSSR count). The minimum atomic E-state index is -4.58. The Kier molecular flexibility index (Phi) is 6.20. The van der Waals surface area contributed by atoms with Gasteiger partial charge in [0.1, 0.15) is 16.3 Å². The average Bonchev–Trinajstić information content (AvgIpc) is 2.94. The van der Waals surface area contributed by atoms with Crippen molar-refractivity contribution >= 4 is 27.6 Å². The third-order valence-corrected chi connectivity index (χ3v) is 6.57. The second-order valence-electron chi connectivity index (χ2n) is 6.28. The molecular weight excluding hydrogens is 433 g/mol. The Balaban J connectivity index is 1.82. The van der Waals surface area contributed by atoms with Gasteiger partial charge >= 0.3 is 6.18 Å². The lowest BCUT2D eigenvalue weighted by atomic mass is 10.3. The van der Waals surface area contributed by atoms with Crippen molar-refractivity contribution in [1.29, 1.82) is 0 Å². The van der Waals surface area contributed by atoms with E-state index in [4.69, 9.17) is 16.3 Å². The number of ether oxygens (including phenoxy) is 1. The van der Waals surface area contributed by atoms with Crippen molar-refractivity contribution in [2.45, 2.75) is 17.5 Å². The van der Waals surface area contributed by atoms with E-state index in [9.17, 15) is 21.6 Å². The van der Waals surface area contributed by atoms with Crippen molar-refractivity contribution < 1.29 is 26.3 Å². The van der Waals surface area contributed by atoms with Gasteiger partial charge in [-0.3, -0.25) is 0 Å². The molecule has 0 atom stereocenters. The lowest BCUT2D eigenvalue weighted by Crippen LogP contribution is -2.36. The summed E-state index contributed by atoms with van der Waals surface area (Å²) in [6, 6.07) is 5.10. The molecule has 2 heterocycles. The van der Waals surface area contributed by atoms with Gasteiger partial charge in [0.15, 0.2) is 0 Å². The van der Waals surface area contributed by atoms with Crippen LogP contribution < -0.4 is 9.64 Å². The van der Waals surface area contributed by atoms with Crippen LogP contribution in [0.4, 0.5) is 19.1 Å². The van der Waals surface area contributed by atoms with Gasteiger partial charge in [-0.05, 0) is 30.7 Å². The van der Waals surface area contributed by atoms with E-state index in [0.29, 0.717) is 13.0 Å². The Bertz CT molecular complexity index is 988. The first-order chi connectivity index (χ1) is 13.6. The zero-order valence-corrected chi connectivity index (χ0v) is 16.9. The quantitative estimate of drug-likeness (QED) is 0.712. The maximum atomic E-state index is 13.1. The SMILES string of the molecule is COc1ccc(Cl)cc1S(=O)(=O)N1CCCN(c2nccc(C(F)(F)F)n2)CC1. The average molecular weight is 451 g/mol. The minimum absolute atomic E-state index is 0.0532. The molecule has 0 bridgehead atoms. The number of aromatic nitrogens is 2. The molecule has 158 valence electrons. The summed E-state index contributed by atoms with van der Waals surface area (Å²) in [5.74, 6) is 0.0797. The van der Waals surface area contributed by atoms with E-state index < -0.39 is 21.9 Å². The van der Waals surface area contributed by atoms with E-state index in [0.717, 1.165) is 12.3 Å². The molecule has 0 saturated carbocycles. The van der Waals surface area contributed by atoms with Gasteiger partial charge in [0.2, 0.25) is 16.0 Å². The Morgan fingerprint density at radius 1 is 1.14 bits per heavy atom. The van der Waals surface area contributed by atoms with Gasteiger partial charge in [-0.25, -0.2) is 18.4 Å². The summed E-state index contributed by atoms with van der Waals surface area (Å²) in [5.41, 5.74) is -1.04. The number of rotatable bonds is 4. The number of alkyl halides is 3. The van der Waals surface area contributed by atoms with Gasteiger partial charge in [0.05, 0.1) is 7.11 Å². The minimum Gasteiger partial charge on any atom is -0.495 e. The topological polar surface area (TPSA) is 75.6 Å². The Morgan fingerprint density at radius 2 is 1.90 bits per heavy atom. The van der Waals surface area contributed by atoms with Crippen LogP contribution in [0.15, 0.2) is 35.4 Å². The number of methoxy groups -OCH3 is 1. The number of sulfonamides is 1. The van der Waals surface area contributed by atoms with E-state index in [-0.39, 0.29) is 41.3 Å². The van der Waals surface area contributed by atoms with Crippen molar-refractivity contribution in [3.05, 3.63) is 41.2 Å². The van der Waals surface area contributed by atoms with Crippen molar-refractivity contribution in [3.63, 3.8) is 0 Å². The molecule has 1 aromatic heterocycles. The van der Waals surface area contributed by atoms with Crippen LogP contribution in [0.2, 0.25) is 5.02 Å². The number of halogens is 4. The van der Waals surface area contributed by atoms with Crippen LogP contribution in [0.3, 0.4) is 0 Å². The maximum Gasteiger partial charge on any atom is 0.433 e. The molecule has 2 aromatic rings.